The van der Waals surface area contributed by atoms with Gasteiger partial charge in [0.15, 0.2) is 0 Å². The molecule has 3 heteroatoms. The molecular weight excluding hydrogens is 194 g/mol. The predicted molar refractivity (Wildman–Crippen MR) is 60.5 cm³/mol. The largest absolute Gasteiger partial charge is 0.508 e. The van der Waals surface area contributed by atoms with Crippen molar-refractivity contribution in [3.05, 3.63) is 29.8 Å². The summed E-state index contributed by atoms with van der Waals surface area (Å²) in [6.45, 7) is 4.42. The highest BCUT2D eigenvalue weighted by Gasteiger charge is 2.31. The number of aromatic hydroxyl groups is 1. The number of hydrogen-bond acceptors (Lipinski definition) is 3. The van der Waals surface area contributed by atoms with Crippen LogP contribution in [0.15, 0.2) is 24.3 Å². The van der Waals surface area contributed by atoms with Crippen LogP contribution in [-0.2, 0) is 0 Å². The number of phenols is 1. The summed E-state index contributed by atoms with van der Waals surface area (Å²) in [5.74, 6) is 1.45. The van der Waals surface area contributed by atoms with Crippen LogP contribution in [0.4, 0.5) is 0 Å². The molecule has 1 unspecified atom stereocenters. The van der Waals surface area contributed by atoms with Crippen LogP contribution in [0, 0.1) is 0 Å². The molecule has 0 radical (unpaired) electrons. The zero-order valence-corrected chi connectivity index (χ0v) is 9.27. The first-order valence-electron chi connectivity index (χ1n) is 4.75. The Morgan fingerprint density at radius 2 is 2.00 bits per heavy atom. The molecule has 1 atom stereocenters. The van der Waals surface area contributed by atoms with Gasteiger partial charge in [-0.2, -0.15) is 0 Å². The fraction of sp³-hybridized carbons (Fsp3) is 0.455. The molecule has 0 bridgehead atoms. The summed E-state index contributed by atoms with van der Waals surface area (Å²) in [4.78, 5) is 0. The summed E-state index contributed by atoms with van der Waals surface area (Å²) in [7, 11) is 0. The maximum absolute atomic E-state index is 9.17. The second kappa shape index (κ2) is 3.48. The van der Waals surface area contributed by atoms with Gasteiger partial charge in [-0.15, -0.1) is 11.8 Å². The second-order valence-corrected chi connectivity index (χ2v) is 5.40. The molecule has 2 rings (SSSR count). The first kappa shape index (κ1) is 9.87. The number of nitrogens with one attached hydrogen (secondary N) is 1. The molecule has 1 heterocycles. The van der Waals surface area contributed by atoms with E-state index in [1.807, 2.05) is 23.9 Å². The van der Waals surface area contributed by atoms with Crippen LogP contribution >= 0.6 is 11.8 Å². The van der Waals surface area contributed by atoms with E-state index in [4.69, 9.17) is 0 Å². The van der Waals surface area contributed by atoms with Gasteiger partial charge in [0.2, 0.25) is 0 Å². The Balaban J connectivity index is 2.14. The summed E-state index contributed by atoms with van der Waals surface area (Å²) in [6.07, 6.45) is 0. The maximum Gasteiger partial charge on any atom is 0.115 e. The van der Waals surface area contributed by atoms with Crippen molar-refractivity contribution in [1.29, 1.82) is 0 Å². The molecule has 0 aromatic heterocycles. The highest BCUT2D eigenvalue weighted by Crippen LogP contribution is 2.37. The third-order valence-electron chi connectivity index (χ3n) is 2.33. The van der Waals surface area contributed by atoms with E-state index < -0.39 is 0 Å². The summed E-state index contributed by atoms with van der Waals surface area (Å²) in [5.41, 5.74) is 1.45. The van der Waals surface area contributed by atoms with Crippen LogP contribution in [0.25, 0.3) is 0 Å². The molecule has 0 amide bonds. The SMILES string of the molecule is CC1(C)CSC(c2ccc(O)cc2)N1. The minimum atomic E-state index is 0.215. The molecular formula is C11H15NOS. The highest BCUT2D eigenvalue weighted by atomic mass is 32.2. The average molecular weight is 209 g/mol. The number of benzene rings is 1. The van der Waals surface area contributed by atoms with Gasteiger partial charge >= 0.3 is 0 Å². The van der Waals surface area contributed by atoms with Crippen molar-refractivity contribution in [3.8, 4) is 5.75 Å². The first-order valence-corrected chi connectivity index (χ1v) is 5.80. The predicted octanol–water partition coefficient (Wildman–Crippen LogP) is 2.51. The Morgan fingerprint density at radius 1 is 1.36 bits per heavy atom. The first-order chi connectivity index (χ1) is 6.57. The average Bonchev–Trinajstić information content (AvgIpc) is 2.47. The Bertz CT molecular complexity index is 321. The molecule has 1 aliphatic rings. The molecule has 2 nitrogen and oxygen atoms in total. The van der Waals surface area contributed by atoms with Gasteiger partial charge in [0.05, 0.1) is 5.37 Å². The van der Waals surface area contributed by atoms with E-state index in [2.05, 4.69) is 19.2 Å². The zero-order valence-electron chi connectivity index (χ0n) is 8.45. The molecule has 0 spiro atoms. The minimum Gasteiger partial charge on any atom is -0.508 e. The number of thioether (sulfide) groups is 1. The number of phenolic OH excluding ortho intramolecular Hbond substituents is 1. The second-order valence-electron chi connectivity index (χ2n) is 4.31. The van der Waals surface area contributed by atoms with E-state index in [-0.39, 0.29) is 5.54 Å². The lowest BCUT2D eigenvalue weighted by molar-refractivity contribution is 0.451. The highest BCUT2D eigenvalue weighted by molar-refractivity contribution is 7.99. The van der Waals surface area contributed by atoms with Crippen molar-refractivity contribution in [3.63, 3.8) is 0 Å². The molecule has 14 heavy (non-hydrogen) atoms. The van der Waals surface area contributed by atoms with E-state index in [0.29, 0.717) is 11.1 Å². The molecule has 0 aliphatic carbocycles. The van der Waals surface area contributed by atoms with Crippen LogP contribution in [0.3, 0.4) is 0 Å². The van der Waals surface area contributed by atoms with E-state index in [0.717, 1.165) is 5.75 Å². The molecule has 1 saturated heterocycles. The molecule has 1 aromatic carbocycles. The molecule has 1 aliphatic heterocycles. The van der Waals surface area contributed by atoms with Gasteiger partial charge in [-0.3, -0.25) is 5.32 Å². The zero-order chi connectivity index (χ0) is 10.2. The van der Waals surface area contributed by atoms with Crippen LogP contribution in [0.1, 0.15) is 24.8 Å². The van der Waals surface area contributed by atoms with E-state index in [1.165, 1.54) is 5.56 Å². The van der Waals surface area contributed by atoms with Crippen molar-refractivity contribution >= 4 is 11.8 Å². The fourth-order valence-electron chi connectivity index (χ4n) is 1.56. The van der Waals surface area contributed by atoms with E-state index >= 15 is 0 Å². The Labute approximate surface area is 88.7 Å². The molecule has 2 N–H and O–H groups in total. The van der Waals surface area contributed by atoms with Crippen LogP contribution in [0.5, 0.6) is 5.75 Å². The monoisotopic (exact) mass is 209 g/mol. The quantitative estimate of drug-likeness (QED) is 0.745. The van der Waals surface area contributed by atoms with Gasteiger partial charge in [0.25, 0.3) is 0 Å². The van der Waals surface area contributed by atoms with Gasteiger partial charge in [-0.1, -0.05) is 12.1 Å². The number of hydrogen-bond donors (Lipinski definition) is 2. The summed E-state index contributed by atoms with van der Waals surface area (Å²) in [5, 5.41) is 13.1. The van der Waals surface area contributed by atoms with E-state index in [1.54, 1.807) is 12.1 Å². The minimum absolute atomic E-state index is 0.215. The Hall–Kier alpha value is -0.670. The lowest BCUT2D eigenvalue weighted by atomic mass is 10.1. The third-order valence-corrected chi connectivity index (χ3v) is 3.94. The van der Waals surface area contributed by atoms with Crippen molar-refractivity contribution in [2.75, 3.05) is 5.75 Å². The molecule has 1 aromatic rings. The van der Waals surface area contributed by atoms with Crippen molar-refractivity contribution in [2.24, 2.45) is 0 Å². The molecule has 1 fully saturated rings. The maximum atomic E-state index is 9.17. The summed E-state index contributed by atoms with van der Waals surface area (Å²) >= 11 is 1.92. The smallest absolute Gasteiger partial charge is 0.115 e. The summed E-state index contributed by atoms with van der Waals surface area (Å²) in [6, 6.07) is 7.43. The van der Waals surface area contributed by atoms with Crippen LogP contribution in [-0.4, -0.2) is 16.4 Å². The molecule has 76 valence electrons. The van der Waals surface area contributed by atoms with Gasteiger partial charge in [-0.05, 0) is 31.5 Å². The van der Waals surface area contributed by atoms with Crippen molar-refractivity contribution < 1.29 is 5.11 Å². The normalized spacial score (nSPS) is 25.1. The topological polar surface area (TPSA) is 32.3 Å². The van der Waals surface area contributed by atoms with Gasteiger partial charge < -0.3 is 5.11 Å². The molecule has 0 saturated carbocycles. The lowest BCUT2D eigenvalue weighted by Gasteiger charge is -2.18. The summed E-state index contributed by atoms with van der Waals surface area (Å²) < 4.78 is 0. The van der Waals surface area contributed by atoms with Gasteiger partial charge in [0, 0.05) is 11.3 Å². The Morgan fingerprint density at radius 3 is 2.50 bits per heavy atom. The number of rotatable bonds is 1. The third kappa shape index (κ3) is 2.04. The van der Waals surface area contributed by atoms with E-state index in [9.17, 15) is 5.11 Å². The fourth-order valence-corrected chi connectivity index (χ4v) is 2.98. The van der Waals surface area contributed by atoms with Gasteiger partial charge in [-0.25, -0.2) is 0 Å². The van der Waals surface area contributed by atoms with Crippen molar-refractivity contribution in [2.45, 2.75) is 24.8 Å². The van der Waals surface area contributed by atoms with Gasteiger partial charge in [0.1, 0.15) is 5.75 Å². The standard InChI is InChI=1S/C11H15NOS/c1-11(2)7-14-10(12-11)8-3-5-9(13)6-4-8/h3-6,10,12-13H,7H2,1-2H3. The lowest BCUT2D eigenvalue weighted by Crippen LogP contribution is -2.35. The Kier molecular flexibility index (Phi) is 2.45. The van der Waals surface area contributed by atoms with Crippen LogP contribution in [0.2, 0.25) is 0 Å². The van der Waals surface area contributed by atoms with Crippen molar-refractivity contribution in [1.82, 2.24) is 5.32 Å². The van der Waals surface area contributed by atoms with Crippen LogP contribution < -0.4 is 5.32 Å².